The molecular weight excluding hydrogens is 484 g/mol. The molecule has 1 N–H and O–H groups in total. The Hall–Kier alpha value is -3.13. The molecule has 0 spiro atoms. The van der Waals surface area contributed by atoms with Crippen LogP contribution in [0.2, 0.25) is 0 Å². The fourth-order valence-electron chi connectivity index (χ4n) is 3.94. The van der Waals surface area contributed by atoms with E-state index in [1.807, 2.05) is 54.6 Å². The van der Waals surface area contributed by atoms with Crippen molar-refractivity contribution in [1.82, 2.24) is 10.4 Å². The van der Waals surface area contributed by atoms with Gasteiger partial charge in [-0.2, -0.15) is 5.06 Å². The second-order valence-electron chi connectivity index (χ2n) is 9.84. The molecule has 1 amide bonds. The van der Waals surface area contributed by atoms with Gasteiger partial charge in [0, 0.05) is 19.8 Å². The minimum Gasteiger partial charge on any atom is -0.444 e. The molecule has 0 heterocycles. The van der Waals surface area contributed by atoms with Crippen molar-refractivity contribution >= 4 is 23.6 Å². The largest absolute Gasteiger partial charge is 0.444 e. The van der Waals surface area contributed by atoms with Crippen LogP contribution in [-0.2, 0) is 19.1 Å². The number of ketones is 1. The van der Waals surface area contributed by atoms with E-state index in [-0.39, 0.29) is 12.4 Å². The number of Topliss-reactive ketones (excluding diaryl/α,β-unsaturated/α-hetero) is 1. The lowest BCUT2D eigenvalue weighted by Crippen LogP contribution is -2.47. The number of benzene rings is 3. The maximum atomic E-state index is 13.2. The molecule has 6 nitrogen and oxygen atoms in total. The quantitative estimate of drug-likeness (QED) is 0.260. The number of alkyl carbamates (subject to hydrolysis) is 1. The molecule has 0 aliphatic heterocycles. The second kappa shape index (κ2) is 12.9. The molecule has 7 heteroatoms. The van der Waals surface area contributed by atoms with Gasteiger partial charge in [0.05, 0.1) is 4.75 Å². The number of hydrogen-bond acceptors (Lipinski definition) is 6. The van der Waals surface area contributed by atoms with Gasteiger partial charge in [-0.05, 0) is 37.5 Å². The molecule has 0 saturated carbocycles. The Bertz CT molecular complexity index is 1040. The van der Waals surface area contributed by atoms with Crippen molar-refractivity contribution in [3.05, 3.63) is 108 Å². The van der Waals surface area contributed by atoms with Gasteiger partial charge in [-0.25, -0.2) is 4.79 Å². The van der Waals surface area contributed by atoms with Gasteiger partial charge in [-0.3, -0.25) is 9.63 Å². The summed E-state index contributed by atoms with van der Waals surface area (Å²) in [7, 11) is 3.42. The number of hydroxylamine groups is 2. The molecule has 0 aliphatic carbocycles. The number of rotatable bonds is 11. The Labute approximate surface area is 224 Å². The molecule has 0 fully saturated rings. The summed E-state index contributed by atoms with van der Waals surface area (Å²) < 4.78 is 4.84. The summed E-state index contributed by atoms with van der Waals surface area (Å²) >= 11 is 1.60. The third-order valence-corrected chi connectivity index (χ3v) is 7.19. The van der Waals surface area contributed by atoms with Gasteiger partial charge in [-0.15, -0.1) is 11.8 Å². The summed E-state index contributed by atoms with van der Waals surface area (Å²) in [5.41, 5.74) is 2.54. The molecule has 1 atom stereocenters. The van der Waals surface area contributed by atoms with Gasteiger partial charge < -0.3 is 10.1 Å². The van der Waals surface area contributed by atoms with Crippen LogP contribution in [0, 0.1) is 0 Å². The average Bonchev–Trinajstić information content (AvgIpc) is 2.87. The number of nitrogens with zero attached hydrogens (tertiary/aromatic N) is 1. The molecule has 0 aliphatic rings. The summed E-state index contributed by atoms with van der Waals surface area (Å²) in [4.78, 5) is 31.4. The monoisotopic (exact) mass is 520 g/mol. The summed E-state index contributed by atoms with van der Waals surface area (Å²) in [6.45, 7) is 5.21. The van der Waals surface area contributed by atoms with Crippen LogP contribution in [0.25, 0.3) is 0 Å². The van der Waals surface area contributed by atoms with E-state index in [0.29, 0.717) is 5.75 Å². The lowest BCUT2D eigenvalue weighted by Gasteiger charge is -2.36. The van der Waals surface area contributed by atoms with Crippen LogP contribution < -0.4 is 5.32 Å². The summed E-state index contributed by atoms with van der Waals surface area (Å²) in [6, 6.07) is 29.8. The fraction of sp³-hybridized carbons (Fsp3) is 0.333. The Morgan fingerprint density at radius 1 is 0.811 bits per heavy atom. The molecule has 3 aromatic carbocycles. The Balaban J connectivity index is 2.03. The number of amides is 1. The maximum Gasteiger partial charge on any atom is 0.408 e. The third-order valence-electron chi connectivity index (χ3n) is 5.55. The first-order chi connectivity index (χ1) is 17.6. The molecule has 0 aromatic heterocycles. The standard InChI is InChI=1S/C30H36N2O4S/c1-29(2,3)36-28(34)31-26(27(33)21-35-32(4)5)22-37-30(23-15-9-6-10-16-23,24-17-11-7-12-18-24)25-19-13-8-14-20-25/h6-20,26H,21-22H2,1-5H3,(H,31,34)/t26-/m0/s1. The Morgan fingerprint density at radius 3 is 1.62 bits per heavy atom. The van der Waals surface area contributed by atoms with Crippen molar-refractivity contribution in [2.24, 2.45) is 0 Å². The van der Waals surface area contributed by atoms with Gasteiger partial charge in [0.25, 0.3) is 0 Å². The summed E-state index contributed by atoms with van der Waals surface area (Å²) in [5, 5.41) is 4.26. The molecule has 0 unspecified atom stereocenters. The molecule has 196 valence electrons. The van der Waals surface area contributed by atoms with E-state index in [9.17, 15) is 9.59 Å². The predicted octanol–water partition coefficient (Wildman–Crippen LogP) is 5.67. The van der Waals surface area contributed by atoms with E-state index in [1.54, 1.807) is 46.6 Å². The summed E-state index contributed by atoms with van der Waals surface area (Å²) in [5.74, 6) is 0.0585. The zero-order chi connectivity index (χ0) is 26.9. The van der Waals surface area contributed by atoms with Gasteiger partial charge >= 0.3 is 6.09 Å². The van der Waals surface area contributed by atoms with Gasteiger partial charge in [0.2, 0.25) is 0 Å². The van der Waals surface area contributed by atoms with Crippen LogP contribution in [0.5, 0.6) is 0 Å². The molecule has 0 saturated heterocycles. The Morgan fingerprint density at radius 2 is 1.24 bits per heavy atom. The normalized spacial score (nSPS) is 12.7. The number of ether oxygens (including phenoxy) is 1. The van der Waals surface area contributed by atoms with Crippen molar-refractivity contribution in [2.75, 3.05) is 26.5 Å². The summed E-state index contributed by atoms with van der Waals surface area (Å²) in [6.07, 6.45) is -0.638. The molecule has 3 rings (SSSR count). The molecule has 37 heavy (non-hydrogen) atoms. The van der Waals surface area contributed by atoms with E-state index in [4.69, 9.17) is 9.57 Å². The highest BCUT2D eigenvalue weighted by Gasteiger charge is 2.38. The second-order valence-corrected chi connectivity index (χ2v) is 11.1. The highest BCUT2D eigenvalue weighted by Crippen LogP contribution is 2.48. The van der Waals surface area contributed by atoms with Crippen molar-refractivity contribution < 1.29 is 19.2 Å². The first-order valence-corrected chi connectivity index (χ1v) is 13.2. The van der Waals surface area contributed by atoms with Crippen molar-refractivity contribution in [2.45, 2.75) is 37.2 Å². The van der Waals surface area contributed by atoms with E-state index in [2.05, 4.69) is 41.7 Å². The highest BCUT2D eigenvalue weighted by atomic mass is 32.2. The zero-order valence-corrected chi connectivity index (χ0v) is 23.0. The van der Waals surface area contributed by atoms with Crippen molar-refractivity contribution in [3.63, 3.8) is 0 Å². The Kier molecular flexibility index (Phi) is 9.92. The minimum absolute atomic E-state index is 0.164. The van der Waals surface area contributed by atoms with Gasteiger partial charge in [-0.1, -0.05) is 91.0 Å². The van der Waals surface area contributed by atoms with Crippen LogP contribution in [-0.4, -0.2) is 55.0 Å². The minimum atomic E-state index is -0.824. The number of carbonyl (C=O) groups excluding carboxylic acids is 2. The first kappa shape index (κ1) is 28.4. The van der Waals surface area contributed by atoms with Gasteiger partial charge in [0.15, 0.2) is 5.78 Å². The van der Waals surface area contributed by atoms with E-state index >= 15 is 0 Å². The number of carbonyl (C=O) groups is 2. The third kappa shape index (κ3) is 7.92. The van der Waals surface area contributed by atoms with Crippen LogP contribution >= 0.6 is 11.8 Å². The lowest BCUT2D eigenvalue weighted by molar-refractivity contribution is -0.150. The molecular formula is C30H36N2O4S. The molecule has 3 aromatic rings. The van der Waals surface area contributed by atoms with E-state index in [0.717, 1.165) is 16.7 Å². The number of hydrogen-bond donors (Lipinski definition) is 1. The lowest BCUT2D eigenvalue weighted by atomic mass is 9.84. The number of nitrogens with one attached hydrogen (secondary N) is 1. The fourth-order valence-corrected chi connectivity index (χ4v) is 5.53. The predicted molar refractivity (Wildman–Crippen MR) is 149 cm³/mol. The van der Waals surface area contributed by atoms with Crippen LogP contribution in [0.3, 0.4) is 0 Å². The van der Waals surface area contributed by atoms with Crippen molar-refractivity contribution in [1.29, 1.82) is 0 Å². The van der Waals surface area contributed by atoms with Crippen molar-refractivity contribution in [3.8, 4) is 0 Å². The molecule has 0 radical (unpaired) electrons. The van der Waals surface area contributed by atoms with Crippen LogP contribution in [0.15, 0.2) is 91.0 Å². The average molecular weight is 521 g/mol. The van der Waals surface area contributed by atoms with Crippen LogP contribution in [0.1, 0.15) is 37.5 Å². The zero-order valence-electron chi connectivity index (χ0n) is 22.1. The topological polar surface area (TPSA) is 67.9 Å². The van der Waals surface area contributed by atoms with E-state index < -0.39 is 22.5 Å². The van der Waals surface area contributed by atoms with E-state index in [1.165, 1.54) is 5.06 Å². The smallest absolute Gasteiger partial charge is 0.408 e. The first-order valence-electron chi connectivity index (χ1n) is 12.2. The number of thioether (sulfide) groups is 1. The van der Waals surface area contributed by atoms with Gasteiger partial charge in [0.1, 0.15) is 18.2 Å². The highest BCUT2D eigenvalue weighted by molar-refractivity contribution is 8.00. The SMILES string of the molecule is CN(C)OCC(=O)[C@H](CSC(c1ccccc1)(c1ccccc1)c1ccccc1)NC(=O)OC(C)(C)C. The molecule has 0 bridgehead atoms. The maximum absolute atomic E-state index is 13.2. The van der Waals surface area contributed by atoms with Crippen LogP contribution in [0.4, 0.5) is 4.79 Å².